The zero-order chi connectivity index (χ0) is 20.7. The fourth-order valence-corrected chi connectivity index (χ4v) is 3.01. The van der Waals surface area contributed by atoms with Gasteiger partial charge in [0.2, 0.25) is 0 Å². The van der Waals surface area contributed by atoms with Crippen molar-refractivity contribution < 1.29 is 36.6 Å². The number of hydrogen-bond acceptors (Lipinski definition) is 4. The highest BCUT2D eigenvalue weighted by atomic mass is 19.4. The van der Waals surface area contributed by atoms with Crippen LogP contribution in [0.5, 0.6) is 5.75 Å². The lowest BCUT2D eigenvalue weighted by molar-refractivity contribution is -0.183. The van der Waals surface area contributed by atoms with Gasteiger partial charge in [0.1, 0.15) is 17.1 Å². The van der Waals surface area contributed by atoms with E-state index in [1.165, 1.54) is 6.07 Å². The summed E-state index contributed by atoms with van der Waals surface area (Å²) in [5.41, 5.74) is -1.59. The predicted molar refractivity (Wildman–Crippen MR) is 94.4 cm³/mol. The Kier molecular flexibility index (Phi) is 8.24. The van der Waals surface area contributed by atoms with E-state index in [2.05, 4.69) is 0 Å². The van der Waals surface area contributed by atoms with E-state index >= 15 is 0 Å². The Morgan fingerprint density at radius 2 is 1.96 bits per heavy atom. The predicted octanol–water partition coefficient (Wildman–Crippen LogP) is 5.27. The van der Waals surface area contributed by atoms with Gasteiger partial charge in [-0.15, -0.1) is 0 Å². The Morgan fingerprint density at radius 3 is 2.54 bits per heavy atom. The monoisotopic (exact) mass is 406 g/mol. The molecule has 1 aliphatic heterocycles. The van der Waals surface area contributed by atoms with Crippen molar-refractivity contribution in [2.45, 2.75) is 64.8 Å². The van der Waals surface area contributed by atoms with Crippen molar-refractivity contribution in [1.29, 1.82) is 0 Å². The second kappa shape index (κ2) is 10.2. The van der Waals surface area contributed by atoms with E-state index in [4.69, 9.17) is 14.2 Å². The van der Waals surface area contributed by atoms with Crippen LogP contribution in [0.25, 0.3) is 0 Å². The molecular formula is C20H26F4O4. The first-order chi connectivity index (χ1) is 13.3. The summed E-state index contributed by atoms with van der Waals surface area (Å²) in [6.45, 7) is 4.31. The van der Waals surface area contributed by atoms with Crippen LogP contribution in [0.1, 0.15) is 57.1 Å². The highest BCUT2D eigenvalue weighted by Crippen LogP contribution is 2.40. The summed E-state index contributed by atoms with van der Waals surface area (Å²) >= 11 is 0. The second-order valence-electron chi connectivity index (χ2n) is 6.84. The number of halogens is 4. The number of hydrogen-bond donors (Lipinski definition) is 0. The average Bonchev–Trinajstić information content (AvgIpc) is 2.64. The molecule has 0 bridgehead atoms. The lowest BCUT2D eigenvalue weighted by Crippen LogP contribution is -2.34. The van der Waals surface area contributed by atoms with Crippen LogP contribution in [0.2, 0.25) is 0 Å². The lowest BCUT2D eigenvalue weighted by Gasteiger charge is -2.28. The maximum absolute atomic E-state index is 14.4. The molecule has 28 heavy (non-hydrogen) atoms. The Labute approximate surface area is 162 Å². The van der Waals surface area contributed by atoms with Gasteiger partial charge in [0.15, 0.2) is 6.29 Å². The summed E-state index contributed by atoms with van der Waals surface area (Å²) in [7, 11) is 0. The van der Waals surface area contributed by atoms with Crippen molar-refractivity contribution in [3.8, 4) is 5.75 Å². The van der Waals surface area contributed by atoms with E-state index in [-0.39, 0.29) is 18.6 Å². The van der Waals surface area contributed by atoms with Crippen LogP contribution in [-0.4, -0.2) is 25.5 Å². The first-order valence-corrected chi connectivity index (χ1v) is 9.61. The van der Waals surface area contributed by atoms with E-state index in [1.54, 1.807) is 6.92 Å². The third-order valence-corrected chi connectivity index (χ3v) is 4.57. The number of rotatable bonds is 8. The standard InChI is InChI=1S/C20H26F4O4/c1-3-5-11-26-16-10-8-14(12-27-16)19(25)28-15-9-7-13(6-4-2)18(21)17(15)20(22,23)24/h7,9,14,16H,3-6,8,10-12H2,1-2H3. The maximum atomic E-state index is 14.4. The summed E-state index contributed by atoms with van der Waals surface area (Å²) < 4.78 is 70.3. The molecule has 1 fully saturated rings. The summed E-state index contributed by atoms with van der Waals surface area (Å²) in [5.74, 6) is -3.77. The largest absolute Gasteiger partial charge is 0.425 e. The van der Waals surface area contributed by atoms with Crippen molar-refractivity contribution in [2.75, 3.05) is 13.2 Å². The van der Waals surface area contributed by atoms with Gasteiger partial charge in [0.05, 0.1) is 12.5 Å². The molecule has 0 saturated carbocycles. The van der Waals surface area contributed by atoms with Crippen LogP contribution in [0, 0.1) is 11.7 Å². The van der Waals surface area contributed by atoms with Gasteiger partial charge in [-0.25, -0.2) is 4.39 Å². The minimum Gasteiger partial charge on any atom is -0.425 e. The highest BCUT2D eigenvalue weighted by molar-refractivity contribution is 5.76. The molecule has 0 aromatic heterocycles. The Morgan fingerprint density at radius 1 is 1.21 bits per heavy atom. The molecule has 0 spiro atoms. The second-order valence-corrected chi connectivity index (χ2v) is 6.84. The molecule has 8 heteroatoms. The highest BCUT2D eigenvalue weighted by Gasteiger charge is 2.40. The number of carbonyl (C=O) groups excluding carboxylic acids is 1. The molecule has 2 atom stereocenters. The Balaban J connectivity index is 2.05. The molecule has 1 saturated heterocycles. The van der Waals surface area contributed by atoms with Gasteiger partial charge in [-0.05, 0) is 37.3 Å². The molecule has 0 radical (unpaired) electrons. The van der Waals surface area contributed by atoms with Crippen LogP contribution in [0.4, 0.5) is 17.6 Å². The van der Waals surface area contributed by atoms with Gasteiger partial charge in [0.25, 0.3) is 0 Å². The molecule has 1 aromatic carbocycles. The summed E-state index contributed by atoms with van der Waals surface area (Å²) in [6, 6.07) is 2.24. The van der Waals surface area contributed by atoms with Gasteiger partial charge >= 0.3 is 12.1 Å². The molecule has 0 amide bonds. The quantitative estimate of drug-likeness (QED) is 0.255. The van der Waals surface area contributed by atoms with Crippen molar-refractivity contribution in [2.24, 2.45) is 5.92 Å². The van der Waals surface area contributed by atoms with Crippen molar-refractivity contribution >= 4 is 5.97 Å². The summed E-state index contributed by atoms with van der Waals surface area (Å²) in [4.78, 5) is 12.3. The Bertz CT molecular complexity index is 652. The average molecular weight is 406 g/mol. The first kappa shape index (κ1) is 22.6. The third-order valence-electron chi connectivity index (χ3n) is 4.57. The molecule has 1 aliphatic rings. The number of benzene rings is 1. The van der Waals surface area contributed by atoms with Gasteiger partial charge in [0, 0.05) is 6.61 Å². The fourth-order valence-electron chi connectivity index (χ4n) is 3.01. The van der Waals surface area contributed by atoms with Gasteiger partial charge in [-0.3, -0.25) is 4.79 Å². The number of alkyl halides is 3. The van der Waals surface area contributed by atoms with Crippen molar-refractivity contribution in [3.63, 3.8) is 0 Å². The van der Waals surface area contributed by atoms with Crippen molar-refractivity contribution in [3.05, 3.63) is 29.1 Å². The minimum absolute atomic E-state index is 0.00657. The molecule has 4 nitrogen and oxygen atoms in total. The molecular weight excluding hydrogens is 380 g/mol. The van der Waals surface area contributed by atoms with E-state index in [0.29, 0.717) is 25.9 Å². The minimum atomic E-state index is -4.97. The molecule has 158 valence electrons. The van der Waals surface area contributed by atoms with Crippen LogP contribution < -0.4 is 4.74 Å². The zero-order valence-corrected chi connectivity index (χ0v) is 16.1. The smallest absolute Gasteiger partial charge is 0.422 e. The fraction of sp³-hybridized carbons (Fsp3) is 0.650. The number of ether oxygens (including phenoxy) is 3. The molecule has 2 rings (SSSR count). The number of aryl methyl sites for hydroxylation is 1. The van der Waals surface area contributed by atoms with Crippen LogP contribution >= 0.6 is 0 Å². The zero-order valence-electron chi connectivity index (χ0n) is 16.1. The molecule has 2 unspecified atom stereocenters. The van der Waals surface area contributed by atoms with Gasteiger partial charge < -0.3 is 14.2 Å². The van der Waals surface area contributed by atoms with E-state index in [9.17, 15) is 22.4 Å². The van der Waals surface area contributed by atoms with E-state index in [0.717, 1.165) is 18.9 Å². The molecule has 0 aliphatic carbocycles. The lowest BCUT2D eigenvalue weighted by atomic mass is 10.0. The SMILES string of the molecule is CCCCOC1CCC(C(=O)Oc2ccc(CCC)c(F)c2C(F)(F)F)CO1. The maximum Gasteiger partial charge on any atom is 0.422 e. The van der Waals surface area contributed by atoms with Crippen molar-refractivity contribution in [1.82, 2.24) is 0 Å². The summed E-state index contributed by atoms with van der Waals surface area (Å²) in [6.07, 6.45) is -2.04. The number of carbonyl (C=O) groups is 1. The van der Waals surface area contributed by atoms with Crippen LogP contribution in [0.15, 0.2) is 12.1 Å². The first-order valence-electron chi connectivity index (χ1n) is 9.61. The summed E-state index contributed by atoms with van der Waals surface area (Å²) in [5, 5.41) is 0. The number of esters is 1. The van der Waals surface area contributed by atoms with E-state index < -0.39 is 41.5 Å². The topological polar surface area (TPSA) is 44.8 Å². The normalized spacial score (nSPS) is 20.2. The van der Waals surface area contributed by atoms with E-state index in [1.807, 2.05) is 6.92 Å². The Hall–Kier alpha value is -1.67. The van der Waals surface area contributed by atoms with Gasteiger partial charge in [-0.2, -0.15) is 13.2 Å². The van der Waals surface area contributed by atoms with Crippen LogP contribution in [-0.2, 0) is 26.9 Å². The third kappa shape index (κ3) is 5.91. The van der Waals surface area contributed by atoms with Gasteiger partial charge in [-0.1, -0.05) is 32.8 Å². The van der Waals surface area contributed by atoms with Crippen LogP contribution in [0.3, 0.4) is 0 Å². The molecule has 0 N–H and O–H groups in total. The molecule has 1 heterocycles. The molecule has 1 aromatic rings. The number of unbranched alkanes of at least 4 members (excludes halogenated alkanes) is 1.